The molecule has 15 nitrogen and oxygen atoms in total. The fraction of sp³-hybridized carbons (Fsp3) is 0.515. The van der Waals surface area contributed by atoms with E-state index in [1.54, 1.807) is 20.8 Å². The highest BCUT2D eigenvalue weighted by atomic mass is 16.7. The van der Waals surface area contributed by atoms with Crippen LogP contribution in [0.1, 0.15) is 82.7 Å². The Morgan fingerprint density at radius 3 is 2.35 bits per heavy atom. The lowest BCUT2D eigenvalue weighted by Crippen LogP contribution is -2.53. The number of aliphatic hydroxyl groups is 2. The molecule has 2 aliphatic carbocycles. The molecule has 6 atom stereocenters. The largest absolute Gasteiger partial charge is 0.507 e. The molecule has 3 aliphatic rings. The predicted octanol–water partition coefficient (Wildman–Crippen LogP) is 0.951. The van der Waals surface area contributed by atoms with Gasteiger partial charge in [0.2, 0.25) is 11.6 Å². The number of benzene rings is 2. The van der Waals surface area contributed by atoms with Crippen LogP contribution in [-0.2, 0) is 39.7 Å². The number of fused-ring (bicyclic) bond motifs is 3. The quantitative estimate of drug-likeness (QED) is 0.108. The minimum absolute atomic E-state index is 0.0305. The zero-order valence-electron chi connectivity index (χ0n) is 26.9. The van der Waals surface area contributed by atoms with E-state index in [1.165, 1.54) is 25.3 Å². The maximum atomic E-state index is 13.9. The van der Waals surface area contributed by atoms with E-state index in [0.717, 1.165) is 0 Å². The average molecular weight is 674 g/mol. The van der Waals surface area contributed by atoms with Gasteiger partial charge in [0, 0.05) is 55.2 Å². The second-order valence-corrected chi connectivity index (χ2v) is 11.9. The number of aliphatic hydroxyl groups excluding tert-OH is 1. The summed E-state index contributed by atoms with van der Waals surface area (Å²) in [6.45, 7) is 4.12. The summed E-state index contributed by atoms with van der Waals surface area (Å²) in [5, 5.41) is 45.4. The summed E-state index contributed by atoms with van der Waals surface area (Å²) < 4.78 is 32.7. The van der Waals surface area contributed by atoms with Crippen LogP contribution in [0.2, 0.25) is 0 Å². The molecule has 2 aromatic rings. The molecule has 2 unspecified atom stereocenters. The number of esters is 1. The number of phenols is 2. The van der Waals surface area contributed by atoms with E-state index in [9.17, 15) is 39.6 Å². The smallest absolute Gasteiger partial charge is 0.363 e. The van der Waals surface area contributed by atoms with Gasteiger partial charge in [0.1, 0.15) is 22.8 Å². The number of hydrogen-bond donors (Lipinski definition) is 5. The molecule has 2 aromatic carbocycles. The van der Waals surface area contributed by atoms with Crippen LogP contribution in [0.5, 0.6) is 17.2 Å². The van der Waals surface area contributed by atoms with Crippen molar-refractivity contribution in [2.24, 2.45) is 5.73 Å². The molecule has 48 heavy (non-hydrogen) atoms. The molecule has 0 radical (unpaired) electrons. The number of aromatic hydroxyl groups is 2. The van der Waals surface area contributed by atoms with Crippen LogP contribution >= 0.6 is 0 Å². The van der Waals surface area contributed by atoms with Crippen molar-refractivity contribution in [1.29, 1.82) is 0 Å². The van der Waals surface area contributed by atoms with E-state index >= 15 is 0 Å². The highest BCUT2D eigenvalue weighted by Crippen LogP contribution is 2.52. The Hall–Kier alpha value is -3.96. The zero-order chi connectivity index (χ0) is 35.1. The molecule has 6 N–H and O–H groups in total. The van der Waals surface area contributed by atoms with E-state index in [1.807, 2.05) is 0 Å². The van der Waals surface area contributed by atoms with Crippen LogP contribution in [0.15, 0.2) is 18.2 Å². The minimum Gasteiger partial charge on any atom is -0.507 e. The third-order valence-electron chi connectivity index (χ3n) is 8.84. The summed E-state index contributed by atoms with van der Waals surface area (Å²) in [7, 11) is 1.31. The van der Waals surface area contributed by atoms with Crippen LogP contribution in [0.25, 0.3) is 0 Å². The standard InChI is InChI=1S/C33H39NO14/c1-5-44-32(45-6-2)31(41)46-13-20(35)33(42)11-16-23(19(12-33)48-21-10-17(34)26(36)14(3)47-21)30(40)25-24(28(16)38)27(37)15-8-7-9-18(43-4)22(15)29(25)39/h7-9,14,17,19,21,26,32,36,38,40,42H,5-6,10-13,34H2,1-4H3/t14-,17-,19?,21-,26+,33?/m0/s1. The van der Waals surface area contributed by atoms with Gasteiger partial charge in [-0.1, -0.05) is 12.1 Å². The average Bonchev–Trinajstić information content (AvgIpc) is 3.05. The van der Waals surface area contributed by atoms with E-state index in [0.29, 0.717) is 0 Å². The maximum absolute atomic E-state index is 13.9. The molecule has 1 heterocycles. The van der Waals surface area contributed by atoms with Crippen LogP contribution in [0, 0.1) is 0 Å². The van der Waals surface area contributed by atoms with Crippen LogP contribution in [0.4, 0.5) is 0 Å². The number of rotatable bonds is 11. The third-order valence-corrected chi connectivity index (χ3v) is 8.84. The summed E-state index contributed by atoms with van der Waals surface area (Å²) in [6, 6.07) is 3.55. The van der Waals surface area contributed by atoms with Gasteiger partial charge in [0.25, 0.3) is 6.29 Å². The first-order valence-electron chi connectivity index (χ1n) is 15.5. The molecular formula is C33H39NO14. The highest BCUT2D eigenvalue weighted by Gasteiger charge is 2.50. The van der Waals surface area contributed by atoms with Gasteiger partial charge in [-0.05, 0) is 26.8 Å². The lowest BCUT2D eigenvalue weighted by Gasteiger charge is -2.42. The number of ether oxygens (including phenoxy) is 6. The minimum atomic E-state index is -2.38. The number of ketones is 3. The highest BCUT2D eigenvalue weighted by molar-refractivity contribution is 6.31. The number of phenolic OH excluding ortho intramolecular Hbond substituents is 2. The Morgan fingerprint density at radius 1 is 1.06 bits per heavy atom. The maximum Gasteiger partial charge on any atom is 0.363 e. The van der Waals surface area contributed by atoms with Crippen LogP contribution in [-0.4, -0.2) is 107 Å². The summed E-state index contributed by atoms with van der Waals surface area (Å²) in [5.74, 6) is -5.00. The summed E-state index contributed by atoms with van der Waals surface area (Å²) in [6.07, 6.45) is -7.01. The molecule has 0 amide bonds. The van der Waals surface area contributed by atoms with Gasteiger partial charge in [-0.3, -0.25) is 14.4 Å². The monoisotopic (exact) mass is 673 g/mol. The molecule has 1 aliphatic heterocycles. The molecule has 0 aromatic heterocycles. The third kappa shape index (κ3) is 6.18. The number of carbonyl (C=O) groups excluding carboxylic acids is 4. The summed E-state index contributed by atoms with van der Waals surface area (Å²) in [4.78, 5) is 53.7. The topological polar surface area (TPSA) is 231 Å². The van der Waals surface area contributed by atoms with E-state index in [-0.39, 0.29) is 47.6 Å². The molecule has 260 valence electrons. The van der Waals surface area contributed by atoms with Crippen molar-refractivity contribution < 1.29 is 68.0 Å². The van der Waals surface area contributed by atoms with Gasteiger partial charge in [0.05, 0.1) is 42.1 Å². The molecule has 0 saturated carbocycles. The first kappa shape index (κ1) is 35.3. The van der Waals surface area contributed by atoms with Crippen molar-refractivity contribution >= 4 is 23.3 Å². The molecule has 0 spiro atoms. The van der Waals surface area contributed by atoms with E-state index in [2.05, 4.69) is 0 Å². The van der Waals surface area contributed by atoms with Gasteiger partial charge in [-0.25, -0.2) is 4.79 Å². The van der Waals surface area contributed by atoms with Gasteiger partial charge < -0.3 is 54.6 Å². The van der Waals surface area contributed by atoms with Crippen molar-refractivity contribution in [3.05, 3.63) is 51.6 Å². The summed E-state index contributed by atoms with van der Waals surface area (Å²) >= 11 is 0. The van der Waals surface area contributed by atoms with E-state index in [4.69, 9.17) is 34.2 Å². The molecule has 1 saturated heterocycles. The number of nitrogens with two attached hydrogens (primary N) is 1. The molecular weight excluding hydrogens is 634 g/mol. The SMILES string of the molecule is CCOC(OCC)C(=O)OCC(=O)C1(O)Cc2c(O)c3c(c(O)c2C(O[C@H]2C[C@H](N)[C@H](O)[C@H](C)O2)C1)C(=O)c1c(OC)cccc1C3=O. The van der Waals surface area contributed by atoms with Gasteiger partial charge >= 0.3 is 5.97 Å². The van der Waals surface area contributed by atoms with Crippen molar-refractivity contribution in [2.75, 3.05) is 26.9 Å². The van der Waals surface area contributed by atoms with Crippen molar-refractivity contribution in [3.63, 3.8) is 0 Å². The molecule has 15 heteroatoms. The summed E-state index contributed by atoms with van der Waals surface area (Å²) in [5.41, 5.74) is 2.06. The Morgan fingerprint density at radius 2 is 1.73 bits per heavy atom. The van der Waals surface area contributed by atoms with E-state index < -0.39 is 108 Å². The normalized spacial score (nSPS) is 26.5. The number of carbonyl (C=O) groups is 4. The first-order valence-corrected chi connectivity index (χ1v) is 15.5. The molecule has 1 fully saturated rings. The lowest BCUT2D eigenvalue weighted by atomic mass is 9.72. The lowest BCUT2D eigenvalue weighted by molar-refractivity contribution is -0.247. The van der Waals surface area contributed by atoms with Crippen molar-refractivity contribution in [1.82, 2.24) is 0 Å². The molecule has 5 rings (SSSR count). The Kier molecular flexibility index (Phi) is 10.2. The fourth-order valence-electron chi connectivity index (χ4n) is 6.43. The Balaban J connectivity index is 1.57. The van der Waals surface area contributed by atoms with Crippen molar-refractivity contribution in [3.8, 4) is 17.2 Å². The number of Topliss-reactive ketones (excluding diaryl/α,β-unsaturated/α-hetero) is 1. The Bertz CT molecular complexity index is 1610. The second kappa shape index (κ2) is 13.9. The zero-order valence-corrected chi connectivity index (χ0v) is 26.9. The van der Waals surface area contributed by atoms with Gasteiger partial charge in [-0.2, -0.15) is 0 Å². The van der Waals surface area contributed by atoms with Crippen molar-refractivity contribution in [2.45, 2.75) is 82.6 Å². The fourth-order valence-corrected chi connectivity index (χ4v) is 6.43. The number of methoxy groups -OCH3 is 1. The predicted molar refractivity (Wildman–Crippen MR) is 163 cm³/mol. The second-order valence-electron chi connectivity index (χ2n) is 11.9. The first-order chi connectivity index (χ1) is 22.8. The van der Waals surface area contributed by atoms with Gasteiger partial charge in [-0.15, -0.1) is 0 Å². The Labute approximate surface area is 275 Å². The van der Waals surface area contributed by atoms with Crippen LogP contribution in [0.3, 0.4) is 0 Å². The van der Waals surface area contributed by atoms with Crippen LogP contribution < -0.4 is 10.5 Å². The van der Waals surface area contributed by atoms with Gasteiger partial charge in [0.15, 0.2) is 18.7 Å². The molecule has 0 bridgehead atoms. The number of hydrogen-bond acceptors (Lipinski definition) is 15.